The highest BCUT2D eigenvalue weighted by molar-refractivity contribution is 7.90. The SMILES string of the molecule is Cc1ncsc1-c1ccc(CNC(=O)[C@@H]2C[C@@H](O)CN2C(=O)[C@@H](NC(=O)CCc2ccc(S(=O)(=O)NC(=O)c3nc(N4CCc5cccc(C(=O)Nc6nc7ccccc7s6)c5C4)ccc3-c3cnn(CC4CCCCC4)c3C)cn2)C(C)(C)C)cc1. The van der Waals surface area contributed by atoms with Crippen molar-refractivity contribution in [3.05, 3.63) is 154 Å². The summed E-state index contributed by atoms with van der Waals surface area (Å²) in [7, 11) is -4.55. The molecule has 20 nitrogen and oxygen atoms in total. The number of benzene rings is 3. The van der Waals surface area contributed by atoms with Crippen LogP contribution in [0.25, 0.3) is 31.8 Å². The van der Waals surface area contributed by atoms with Gasteiger partial charge in [-0.2, -0.15) is 5.10 Å². The molecule has 0 radical (unpaired) electrons. The molecule has 1 aliphatic carbocycles. The van der Waals surface area contributed by atoms with Gasteiger partial charge in [-0.05, 0) is 116 Å². The highest BCUT2D eigenvalue weighted by Crippen LogP contribution is 2.35. The number of anilines is 2. The maximum Gasteiger partial charge on any atom is 0.284 e. The van der Waals surface area contributed by atoms with Crippen LogP contribution in [-0.2, 0) is 56.9 Å². The van der Waals surface area contributed by atoms with Gasteiger partial charge in [-0.15, -0.1) is 11.3 Å². The molecule has 5 N–H and O–H groups in total. The first-order valence-electron chi connectivity index (χ1n) is 29.4. The van der Waals surface area contributed by atoms with E-state index < -0.39 is 57.3 Å². The molecule has 1 saturated carbocycles. The van der Waals surface area contributed by atoms with Gasteiger partial charge in [0.2, 0.25) is 17.7 Å². The zero-order valence-electron chi connectivity index (χ0n) is 49.2. The van der Waals surface area contributed by atoms with Crippen LogP contribution in [0.15, 0.2) is 114 Å². The molecular weight excluding hydrogens is 1160 g/mol. The van der Waals surface area contributed by atoms with E-state index in [4.69, 9.17) is 10.1 Å². The summed E-state index contributed by atoms with van der Waals surface area (Å²) in [6, 6.07) is 25.4. The van der Waals surface area contributed by atoms with Crippen LogP contribution in [0.4, 0.5) is 10.9 Å². The predicted molar refractivity (Wildman–Crippen MR) is 334 cm³/mol. The van der Waals surface area contributed by atoms with E-state index in [9.17, 15) is 37.5 Å². The highest BCUT2D eigenvalue weighted by atomic mass is 32.2. The van der Waals surface area contributed by atoms with Crippen LogP contribution in [0.3, 0.4) is 0 Å². The molecule has 11 rings (SSSR count). The molecule has 0 spiro atoms. The molecule has 3 aliphatic rings. The standard InChI is InChI=1S/C64H70N12O8S3/c1-38-57(85-37-67-38)43-20-18-40(19-21-43)31-66-60(80)52-30-45(77)35-75(52)62(82)58(64(3,4)5)71-55(78)27-23-44-22-24-46(32-65-44)87(83,84)73-61(81)56-47(49-33-68-76(39(49)2)34-41-12-7-6-8-13-41)25-26-54(70-56)74-29-28-42-14-11-15-48(50(42)36-74)59(79)72-63-69-51-16-9-10-17-53(51)86-63/h9-11,14-22,24-26,32-33,37,41,45,52,58,77H,6-8,12-13,23,27-31,34-36H2,1-5H3,(H,66,80)(H,71,78)(H,73,81)(H,69,72,79)/t45-,52+,58-/m1/s1. The Morgan fingerprint density at radius 1 is 0.851 bits per heavy atom. The smallest absolute Gasteiger partial charge is 0.284 e. The van der Waals surface area contributed by atoms with Crippen LogP contribution in [0.2, 0.25) is 0 Å². The van der Waals surface area contributed by atoms with Gasteiger partial charge in [0.15, 0.2) is 5.13 Å². The summed E-state index contributed by atoms with van der Waals surface area (Å²) in [4.78, 5) is 92.5. The van der Waals surface area contributed by atoms with E-state index in [0.717, 1.165) is 74.3 Å². The number of aryl methyl sites for hydroxylation is 2. The fourth-order valence-electron chi connectivity index (χ4n) is 11.8. The highest BCUT2D eigenvalue weighted by Gasteiger charge is 2.44. The number of aliphatic hydroxyl groups is 1. The quantitative estimate of drug-likeness (QED) is 0.0537. The number of fused-ring (bicyclic) bond motifs is 2. The van der Waals surface area contributed by atoms with Gasteiger partial charge >= 0.3 is 0 Å². The van der Waals surface area contributed by atoms with Gasteiger partial charge in [0.25, 0.3) is 21.8 Å². The molecule has 1 saturated heterocycles. The largest absolute Gasteiger partial charge is 0.391 e. The van der Waals surface area contributed by atoms with Crippen LogP contribution in [-0.4, -0.2) is 109 Å². The summed E-state index contributed by atoms with van der Waals surface area (Å²) < 4.78 is 33.5. The van der Waals surface area contributed by atoms with Crippen LogP contribution in [0.5, 0.6) is 0 Å². The lowest BCUT2D eigenvalue weighted by Gasteiger charge is -2.35. The summed E-state index contributed by atoms with van der Waals surface area (Å²) in [6.45, 7) is 10.9. The first kappa shape index (κ1) is 60.4. The van der Waals surface area contributed by atoms with Gasteiger partial charge in [0.1, 0.15) is 28.5 Å². The molecule has 8 aromatic rings. The molecule has 5 amide bonds. The van der Waals surface area contributed by atoms with Gasteiger partial charge in [0, 0.05) is 79.8 Å². The average molecular weight is 1230 g/mol. The number of amides is 5. The normalized spacial score (nSPS) is 16.8. The Bertz CT molecular complexity index is 3970. The van der Waals surface area contributed by atoms with Crippen molar-refractivity contribution >= 4 is 83.4 Å². The predicted octanol–water partition coefficient (Wildman–Crippen LogP) is 8.95. The maximum absolute atomic E-state index is 14.6. The van der Waals surface area contributed by atoms with E-state index in [2.05, 4.69) is 35.6 Å². The molecule has 7 heterocycles. The first-order valence-corrected chi connectivity index (χ1v) is 32.6. The fraction of sp³-hybridized carbons (Fsp3) is 0.375. The second kappa shape index (κ2) is 25.6. The molecule has 87 heavy (non-hydrogen) atoms. The number of carbonyl (C=O) groups is 5. The van der Waals surface area contributed by atoms with Crippen LogP contribution < -0.4 is 25.6 Å². The van der Waals surface area contributed by atoms with Crippen LogP contribution >= 0.6 is 22.7 Å². The van der Waals surface area contributed by atoms with Crippen molar-refractivity contribution in [1.29, 1.82) is 0 Å². The molecule has 3 atom stereocenters. The molecule has 23 heteroatoms. The lowest BCUT2D eigenvalue weighted by atomic mass is 9.85. The number of hydrogen-bond donors (Lipinski definition) is 5. The summed E-state index contributed by atoms with van der Waals surface area (Å²) in [5.41, 5.74) is 8.98. The van der Waals surface area contributed by atoms with E-state index in [1.54, 1.807) is 62.0 Å². The third kappa shape index (κ3) is 13.7. The molecule has 2 aliphatic heterocycles. The first-order chi connectivity index (χ1) is 41.8. The summed E-state index contributed by atoms with van der Waals surface area (Å²) >= 11 is 2.94. The number of nitrogens with one attached hydrogen (secondary N) is 4. The summed E-state index contributed by atoms with van der Waals surface area (Å²) in [5.74, 6) is -1.80. The number of hydrogen-bond acceptors (Lipinski definition) is 16. The number of rotatable bonds is 18. The second-order valence-corrected chi connectivity index (χ2v) is 27.4. The van der Waals surface area contributed by atoms with Crippen molar-refractivity contribution in [2.45, 2.75) is 135 Å². The van der Waals surface area contributed by atoms with Gasteiger partial charge in [-0.25, -0.2) is 28.1 Å². The number of aromatic nitrogens is 6. The Morgan fingerprint density at radius 3 is 2.38 bits per heavy atom. The molecule has 0 bridgehead atoms. The Balaban J connectivity index is 0.757. The Kier molecular flexibility index (Phi) is 17.8. The Morgan fingerprint density at radius 2 is 1.64 bits per heavy atom. The number of pyridine rings is 2. The van der Waals surface area contributed by atoms with Crippen molar-refractivity contribution in [3.8, 4) is 21.6 Å². The third-order valence-corrected chi connectivity index (χ3v) is 19.9. The minimum Gasteiger partial charge on any atom is -0.391 e. The van der Waals surface area contributed by atoms with Crippen LogP contribution in [0.1, 0.15) is 120 Å². The summed E-state index contributed by atoms with van der Waals surface area (Å²) in [5, 5.41) is 24.7. The molecule has 0 unspecified atom stereocenters. The van der Waals surface area contributed by atoms with E-state index in [1.807, 2.05) is 84.1 Å². The van der Waals surface area contributed by atoms with E-state index >= 15 is 0 Å². The van der Waals surface area contributed by atoms with Gasteiger partial charge in [-0.3, -0.25) is 39.0 Å². The lowest BCUT2D eigenvalue weighted by Crippen LogP contribution is -2.57. The summed E-state index contributed by atoms with van der Waals surface area (Å²) in [6.07, 6.45) is 8.21. The minimum atomic E-state index is -4.55. The number of aliphatic hydroxyl groups excluding tert-OH is 1. The Labute approximate surface area is 513 Å². The van der Waals surface area contributed by atoms with Crippen molar-refractivity contribution < 1.29 is 37.5 Å². The van der Waals surface area contributed by atoms with Crippen molar-refractivity contribution in [2.24, 2.45) is 11.3 Å². The number of nitrogens with zero attached hydrogens (tertiary/aromatic N) is 8. The molecule has 452 valence electrons. The average Bonchev–Trinajstić information content (AvgIpc) is 2.81. The maximum atomic E-state index is 14.6. The van der Waals surface area contributed by atoms with Crippen molar-refractivity contribution in [2.75, 3.05) is 23.3 Å². The molecular formula is C64H70N12O8S3. The van der Waals surface area contributed by atoms with E-state index in [1.165, 1.54) is 47.6 Å². The van der Waals surface area contributed by atoms with Crippen molar-refractivity contribution in [1.82, 2.24) is 50.0 Å². The number of β-amino-alcohol motifs (C(OH)–C–C–N with tert-alkyl or cyclic N) is 1. The Hall–Kier alpha value is -8.25. The van der Waals surface area contributed by atoms with Gasteiger partial charge < -0.3 is 25.5 Å². The topological polar surface area (TPSA) is 264 Å². The number of thiazole rings is 2. The van der Waals surface area contributed by atoms with Gasteiger partial charge in [-0.1, -0.05) is 99.9 Å². The molecule has 2 fully saturated rings. The second-order valence-electron chi connectivity index (χ2n) is 23.8. The van der Waals surface area contributed by atoms with E-state index in [0.29, 0.717) is 52.2 Å². The van der Waals surface area contributed by atoms with E-state index in [-0.39, 0.29) is 55.4 Å². The minimum absolute atomic E-state index is 0.0392. The molecule has 3 aromatic carbocycles. The lowest BCUT2D eigenvalue weighted by molar-refractivity contribution is -0.144. The van der Waals surface area contributed by atoms with Crippen LogP contribution in [0, 0.1) is 25.2 Å². The number of carbonyl (C=O) groups excluding carboxylic acids is 5. The van der Waals surface area contributed by atoms with Gasteiger partial charge in [0.05, 0.1) is 38.6 Å². The molecule has 5 aromatic heterocycles. The monoisotopic (exact) mass is 1230 g/mol. The zero-order chi connectivity index (χ0) is 61.1. The number of likely N-dealkylation sites (tertiary alicyclic amines) is 1. The van der Waals surface area contributed by atoms with Crippen molar-refractivity contribution in [3.63, 3.8) is 0 Å². The fourth-order valence-corrected chi connectivity index (χ4v) is 14.4. The number of sulfonamides is 1. The number of para-hydroxylation sites is 1. The zero-order valence-corrected chi connectivity index (χ0v) is 51.7. The third-order valence-electron chi connectivity index (χ3n) is 16.7.